The fourth-order valence-electron chi connectivity index (χ4n) is 4.88. The van der Waals surface area contributed by atoms with E-state index in [0.29, 0.717) is 18.0 Å². The number of halogens is 2. The van der Waals surface area contributed by atoms with E-state index >= 15 is 0 Å². The van der Waals surface area contributed by atoms with Crippen molar-refractivity contribution in [2.24, 2.45) is 23.5 Å². The molecule has 2 aliphatic rings. The first-order valence-corrected chi connectivity index (χ1v) is 10.4. The van der Waals surface area contributed by atoms with Gasteiger partial charge in [0.2, 0.25) is 11.8 Å². The van der Waals surface area contributed by atoms with Crippen molar-refractivity contribution in [1.29, 1.82) is 0 Å². The van der Waals surface area contributed by atoms with Crippen molar-refractivity contribution >= 4 is 11.6 Å². The molecule has 2 fully saturated rings. The van der Waals surface area contributed by atoms with Crippen LogP contribution in [0.1, 0.15) is 76.3 Å². The summed E-state index contributed by atoms with van der Waals surface area (Å²) in [6.45, 7) is 1.88. The number of benzene rings is 1. The Morgan fingerprint density at radius 2 is 1.89 bits per heavy atom. The Hall–Kier alpha value is -1.49. The predicted molar refractivity (Wildman–Crippen MR) is 105 cm³/mol. The molecule has 2 saturated carbocycles. The fourth-order valence-corrected chi connectivity index (χ4v) is 4.88. The molecule has 150 valence electrons. The zero-order valence-electron chi connectivity index (χ0n) is 16.2. The standard InChI is InChI=1S/C22H32F2N2O/c1-15(25)17-9-6-10-18(13-17)26-21(27)20-14-22(23,24)12-11-19(20)16-7-4-2-3-5-8-16/h6,9-10,13,15-16,19-20H,2-5,7-8,11-12,14,25H2,1H3,(H,26,27). The number of alkyl halides is 2. The van der Waals surface area contributed by atoms with Crippen LogP contribution in [0.25, 0.3) is 0 Å². The summed E-state index contributed by atoms with van der Waals surface area (Å²) in [5, 5.41) is 2.90. The molecule has 3 rings (SSSR count). The average Bonchev–Trinajstić information content (AvgIpc) is 2.90. The summed E-state index contributed by atoms with van der Waals surface area (Å²) in [6, 6.07) is 7.24. The van der Waals surface area contributed by atoms with Crippen molar-refractivity contribution < 1.29 is 13.6 Å². The molecule has 1 amide bonds. The van der Waals surface area contributed by atoms with Gasteiger partial charge in [0.25, 0.3) is 0 Å². The van der Waals surface area contributed by atoms with E-state index in [9.17, 15) is 13.6 Å². The number of anilines is 1. The SMILES string of the molecule is CC(N)c1cccc(NC(=O)C2CC(F)(F)CCC2C2CCCCCC2)c1. The van der Waals surface area contributed by atoms with E-state index in [0.717, 1.165) is 31.2 Å². The van der Waals surface area contributed by atoms with E-state index in [4.69, 9.17) is 5.73 Å². The molecule has 1 aromatic carbocycles. The van der Waals surface area contributed by atoms with Crippen LogP contribution in [-0.4, -0.2) is 11.8 Å². The Bertz CT molecular complexity index is 639. The third-order valence-corrected chi connectivity index (χ3v) is 6.40. The zero-order chi connectivity index (χ0) is 19.4. The number of rotatable bonds is 4. The second-order valence-corrected chi connectivity index (χ2v) is 8.52. The molecular weight excluding hydrogens is 346 g/mol. The zero-order valence-corrected chi connectivity index (χ0v) is 16.2. The van der Waals surface area contributed by atoms with Crippen LogP contribution in [0, 0.1) is 17.8 Å². The smallest absolute Gasteiger partial charge is 0.248 e. The second-order valence-electron chi connectivity index (χ2n) is 8.52. The Kier molecular flexibility index (Phi) is 6.51. The van der Waals surface area contributed by atoms with Gasteiger partial charge in [0, 0.05) is 30.5 Å². The van der Waals surface area contributed by atoms with Crippen molar-refractivity contribution in [1.82, 2.24) is 0 Å². The van der Waals surface area contributed by atoms with Crippen LogP contribution in [0.4, 0.5) is 14.5 Å². The first kappa shape index (κ1) is 20.2. The number of amides is 1. The van der Waals surface area contributed by atoms with Crippen LogP contribution in [0.2, 0.25) is 0 Å². The summed E-state index contributed by atoms with van der Waals surface area (Å²) in [4.78, 5) is 13.0. The molecule has 0 aromatic heterocycles. The van der Waals surface area contributed by atoms with E-state index in [-0.39, 0.29) is 30.7 Å². The highest BCUT2D eigenvalue weighted by atomic mass is 19.3. The maximum absolute atomic E-state index is 14.1. The number of nitrogens with one attached hydrogen (secondary N) is 1. The summed E-state index contributed by atoms with van der Waals surface area (Å²) in [7, 11) is 0. The predicted octanol–water partition coefficient (Wildman–Crippen LogP) is 5.67. The van der Waals surface area contributed by atoms with E-state index < -0.39 is 11.8 Å². The summed E-state index contributed by atoms with van der Waals surface area (Å²) in [5.74, 6) is -3.15. The van der Waals surface area contributed by atoms with Gasteiger partial charge in [-0.2, -0.15) is 0 Å². The van der Waals surface area contributed by atoms with Gasteiger partial charge < -0.3 is 11.1 Å². The molecule has 3 nitrogen and oxygen atoms in total. The van der Waals surface area contributed by atoms with E-state index in [1.54, 1.807) is 6.07 Å². The van der Waals surface area contributed by atoms with Crippen molar-refractivity contribution in [3.8, 4) is 0 Å². The molecule has 27 heavy (non-hydrogen) atoms. The monoisotopic (exact) mass is 378 g/mol. The fraction of sp³-hybridized carbons (Fsp3) is 0.682. The van der Waals surface area contributed by atoms with Crippen LogP contribution in [0.5, 0.6) is 0 Å². The van der Waals surface area contributed by atoms with Crippen molar-refractivity contribution in [3.63, 3.8) is 0 Å². The summed E-state index contributed by atoms with van der Waals surface area (Å²) < 4.78 is 28.3. The molecule has 0 aliphatic heterocycles. The number of nitrogens with two attached hydrogens (primary N) is 1. The Morgan fingerprint density at radius 1 is 1.19 bits per heavy atom. The summed E-state index contributed by atoms with van der Waals surface area (Å²) >= 11 is 0. The maximum Gasteiger partial charge on any atom is 0.248 e. The van der Waals surface area contributed by atoms with Crippen molar-refractivity contribution in [2.75, 3.05) is 5.32 Å². The molecular formula is C22H32F2N2O. The lowest BCUT2D eigenvalue weighted by Gasteiger charge is -2.39. The molecule has 3 atom stereocenters. The van der Waals surface area contributed by atoms with Gasteiger partial charge >= 0.3 is 0 Å². The van der Waals surface area contributed by atoms with Crippen LogP contribution in [0.15, 0.2) is 24.3 Å². The van der Waals surface area contributed by atoms with Crippen LogP contribution >= 0.6 is 0 Å². The molecule has 3 unspecified atom stereocenters. The highest BCUT2D eigenvalue weighted by Gasteiger charge is 2.46. The van der Waals surface area contributed by atoms with Crippen LogP contribution in [-0.2, 0) is 4.79 Å². The summed E-state index contributed by atoms with van der Waals surface area (Å²) in [6.07, 6.45) is 6.94. The highest BCUT2D eigenvalue weighted by Crippen LogP contribution is 2.46. The molecule has 2 aliphatic carbocycles. The van der Waals surface area contributed by atoms with Crippen LogP contribution < -0.4 is 11.1 Å². The number of carbonyl (C=O) groups excluding carboxylic acids is 1. The van der Waals surface area contributed by atoms with E-state index in [2.05, 4.69) is 5.32 Å². The van der Waals surface area contributed by atoms with Gasteiger partial charge in [0.05, 0.1) is 0 Å². The maximum atomic E-state index is 14.1. The minimum Gasteiger partial charge on any atom is -0.326 e. The van der Waals surface area contributed by atoms with E-state index in [1.807, 2.05) is 25.1 Å². The van der Waals surface area contributed by atoms with Gasteiger partial charge in [-0.25, -0.2) is 8.78 Å². The topological polar surface area (TPSA) is 55.1 Å². The van der Waals surface area contributed by atoms with Crippen LogP contribution in [0.3, 0.4) is 0 Å². The third-order valence-electron chi connectivity index (χ3n) is 6.40. The molecule has 1 aromatic rings. The molecule has 0 spiro atoms. The van der Waals surface area contributed by atoms with E-state index in [1.165, 1.54) is 12.8 Å². The van der Waals surface area contributed by atoms with Gasteiger partial charge in [-0.3, -0.25) is 4.79 Å². The highest BCUT2D eigenvalue weighted by molar-refractivity contribution is 5.93. The van der Waals surface area contributed by atoms with Gasteiger partial charge in [-0.05, 0) is 42.9 Å². The number of hydrogen-bond acceptors (Lipinski definition) is 2. The average molecular weight is 379 g/mol. The van der Waals surface area contributed by atoms with Gasteiger partial charge in [0.1, 0.15) is 0 Å². The Balaban J connectivity index is 1.76. The van der Waals surface area contributed by atoms with Gasteiger partial charge in [-0.1, -0.05) is 50.7 Å². The minimum absolute atomic E-state index is 0.0688. The molecule has 0 bridgehead atoms. The number of hydrogen-bond donors (Lipinski definition) is 2. The lowest BCUT2D eigenvalue weighted by molar-refractivity contribution is -0.134. The van der Waals surface area contributed by atoms with Gasteiger partial charge in [0.15, 0.2) is 0 Å². The second kappa shape index (κ2) is 8.68. The van der Waals surface area contributed by atoms with Gasteiger partial charge in [-0.15, -0.1) is 0 Å². The molecule has 0 heterocycles. The molecule has 0 saturated heterocycles. The van der Waals surface area contributed by atoms with Crippen molar-refractivity contribution in [3.05, 3.63) is 29.8 Å². The van der Waals surface area contributed by atoms with Crippen molar-refractivity contribution in [2.45, 2.75) is 76.7 Å². The normalized spacial score (nSPS) is 27.6. The molecule has 0 radical (unpaired) electrons. The lowest BCUT2D eigenvalue weighted by Crippen LogP contribution is -2.42. The summed E-state index contributed by atoms with van der Waals surface area (Å²) in [5.41, 5.74) is 7.47. The molecule has 3 N–H and O–H groups in total. The third kappa shape index (κ3) is 5.28. The largest absolute Gasteiger partial charge is 0.326 e. The lowest BCUT2D eigenvalue weighted by atomic mass is 9.68. The first-order valence-electron chi connectivity index (χ1n) is 10.4. The Labute approximate surface area is 161 Å². The molecule has 5 heteroatoms. The first-order chi connectivity index (χ1) is 12.9. The minimum atomic E-state index is -2.74. The quantitative estimate of drug-likeness (QED) is 0.664. The number of carbonyl (C=O) groups is 1. The Morgan fingerprint density at radius 3 is 2.56 bits per heavy atom.